The second kappa shape index (κ2) is 3.58. The lowest BCUT2D eigenvalue weighted by molar-refractivity contribution is 0.211. The summed E-state index contributed by atoms with van der Waals surface area (Å²) < 4.78 is 13.1. The molecule has 2 nitrogen and oxygen atoms in total. The average Bonchev–Trinajstić information content (AvgIpc) is 2.97. The molecule has 2 rings (SSSR count). The van der Waals surface area contributed by atoms with Crippen LogP contribution in [0.2, 0.25) is 0 Å². The van der Waals surface area contributed by atoms with E-state index < -0.39 is 0 Å². The first-order chi connectivity index (χ1) is 7.13. The van der Waals surface area contributed by atoms with Crippen LogP contribution in [0.25, 0.3) is 0 Å². The molecule has 2 unspecified atom stereocenters. The summed E-state index contributed by atoms with van der Waals surface area (Å²) >= 11 is 0. The van der Waals surface area contributed by atoms with Crippen molar-refractivity contribution < 1.29 is 9.50 Å². The lowest BCUT2D eigenvalue weighted by atomic mass is 9.99. The van der Waals surface area contributed by atoms with Crippen molar-refractivity contribution in [2.24, 2.45) is 11.1 Å². The summed E-state index contributed by atoms with van der Waals surface area (Å²) in [6.07, 6.45) is 0.908. The number of hydrogen-bond acceptors (Lipinski definition) is 2. The molecule has 0 amide bonds. The molecule has 0 aromatic heterocycles. The van der Waals surface area contributed by atoms with Crippen molar-refractivity contribution in [3.63, 3.8) is 0 Å². The first kappa shape index (κ1) is 10.6. The van der Waals surface area contributed by atoms with E-state index in [1.807, 2.05) is 6.07 Å². The van der Waals surface area contributed by atoms with Crippen LogP contribution in [-0.4, -0.2) is 18.3 Å². The SMILES string of the molecule is Cc1cc(C2CC2(CN)CO)ccc1F. The highest BCUT2D eigenvalue weighted by molar-refractivity contribution is 5.34. The Labute approximate surface area is 88.9 Å². The lowest BCUT2D eigenvalue weighted by Gasteiger charge is -2.11. The number of benzene rings is 1. The van der Waals surface area contributed by atoms with Gasteiger partial charge >= 0.3 is 0 Å². The van der Waals surface area contributed by atoms with E-state index in [1.54, 1.807) is 13.0 Å². The minimum Gasteiger partial charge on any atom is -0.396 e. The maximum Gasteiger partial charge on any atom is 0.126 e. The van der Waals surface area contributed by atoms with Crippen molar-refractivity contribution in [1.29, 1.82) is 0 Å². The van der Waals surface area contributed by atoms with E-state index in [-0.39, 0.29) is 17.8 Å². The molecule has 1 aromatic rings. The van der Waals surface area contributed by atoms with Crippen LogP contribution < -0.4 is 5.73 Å². The highest BCUT2D eigenvalue weighted by Crippen LogP contribution is 2.58. The first-order valence-corrected chi connectivity index (χ1v) is 5.20. The molecule has 15 heavy (non-hydrogen) atoms. The van der Waals surface area contributed by atoms with E-state index in [0.717, 1.165) is 12.0 Å². The van der Waals surface area contributed by atoms with E-state index in [0.29, 0.717) is 18.0 Å². The van der Waals surface area contributed by atoms with Gasteiger partial charge in [-0.05, 0) is 36.5 Å². The molecule has 0 saturated heterocycles. The number of halogens is 1. The van der Waals surface area contributed by atoms with Crippen molar-refractivity contribution in [2.75, 3.05) is 13.2 Å². The number of rotatable bonds is 3. The molecule has 1 aromatic carbocycles. The minimum absolute atomic E-state index is 0.116. The van der Waals surface area contributed by atoms with Gasteiger partial charge in [0.15, 0.2) is 0 Å². The fraction of sp³-hybridized carbons (Fsp3) is 0.500. The molecule has 82 valence electrons. The van der Waals surface area contributed by atoms with Crippen LogP contribution in [0.1, 0.15) is 23.5 Å². The Morgan fingerprint density at radius 2 is 2.33 bits per heavy atom. The number of aryl methyl sites for hydroxylation is 1. The quantitative estimate of drug-likeness (QED) is 0.793. The van der Waals surface area contributed by atoms with Crippen LogP contribution in [0.3, 0.4) is 0 Å². The number of aliphatic hydroxyl groups is 1. The van der Waals surface area contributed by atoms with Crippen LogP contribution in [0.5, 0.6) is 0 Å². The Morgan fingerprint density at radius 1 is 1.60 bits per heavy atom. The van der Waals surface area contributed by atoms with Gasteiger partial charge in [-0.15, -0.1) is 0 Å². The smallest absolute Gasteiger partial charge is 0.126 e. The van der Waals surface area contributed by atoms with Crippen LogP contribution >= 0.6 is 0 Å². The molecule has 0 aliphatic heterocycles. The summed E-state index contributed by atoms with van der Waals surface area (Å²) in [6, 6.07) is 5.13. The number of hydrogen-bond donors (Lipinski definition) is 2. The molecule has 1 saturated carbocycles. The predicted molar refractivity (Wildman–Crippen MR) is 57.1 cm³/mol. The van der Waals surface area contributed by atoms with E-state index in [1.165, 1.54) is 6.07 Å². The normalized spacial score (nSPS) is 29.2. The fourth-order valence-corrected chi connectivity index (χ4v) is 2.17. The summed E-state index contributed by atoms with van der Waals surface area (Å²) in [6.45, 7) is 2.36. The van der Waals surface area contributed by atoms with Gasteiger partial charge in [0.1, 0.15) is 5.82 Å². The fourth-order valence-electron chi connectivity index (χ4n) is 2.17. The van der Waals surface area contributed by atoms with E-state index in [2.05, 4.69) is 0 Å². The van der Waals surface area contributed by atoms with Gasteiger partial charge in [-0.1, -0.05) is 12.1 Å². The zero-order valence-corrected chi connectivity index (χ0v) is 8.83. The van der Waals surface area contributed by atoms with Crippen molar-refractivity contribution >= 4 is 0 Å². The van der Waals surface area contributed by atoms with Crippen LogP contribution in [0.15, 0.2) is 18.2 Å². The van der Waals surface area contributed by atoms with Crippen molar-refractivity contribution in [1.82, 2.24) is 0 Å². The molecule has 3 N–H and O–H groups in total. The highest BCUT2D eigenvalue weighted by atomic mass is 19.1. The zero-order valence-electron chi connectivity index (χ0n) is 8.83. The maximum absolute atomic E-state index is 13.1. The summed E-state index contributed by atoms with van der Waals surface area (Å²) in [7, 11) is 0. The second-order valence-corrected chi connectivity index (χ2v) is 4.49. The standard InChI is InChI=1S/C12H16FNO/c1-8-4-9(2-3-11(8)13)10-5-12(10,6-14)7-15/h2-4,10,15H,5-7,14H2,1H3. The van der Waals surface area contributed by atoms with Crippen molar-refractivity contribution in [2.45, 2.75) is 19.3 Å². The third-order valence-corrected chi connectivity index (χ3v) is 3.50. The third-order valence-electron chi connectivity index (χ3n) is 3.50. The first-order valence-electron chi connectivity index (χ1n) is 5.20. The van der Waals surface area contributed by atoms with Crippen LogP contribution in [0.4, 0.5) is 4.39 Å². The Balaban J connectivity index is 2.23. The summed E-state index contributed by atoms with van der Waals surface area (Å²) in [5, 5.41) is 9.26. The molecular weight excluding hydrogens is 193 g/mol. The van der Waals surface area contributed by atoms with E-state index in [9.17, 15) is 9.50 Å². The van der Waals surface area contributed by atoms with Gasteiger partial charge in [-0.25, -0.2) is 4.39 Å². The molecule has 0 radical (unpaired) electrons. The van der Waals surface area contributed by atoms with Gasteiger partial charge in [0.05, 0.1) is 6.61 Å². The molecule has 2 atom stereocenters. The van der Waals surface area contributed by atoms with Crippen LogP contribution in [0, 0.1) is 18.2 Å². The molecule has 3 heteroatoms. The van der Waals surface area contributed by atoms with Crippen molar-refractivity contribution in [3.05, 3.63) is 35.1 Å². The highest BCUT2D eigenvalue weighted by Gasteiger charge is 2.53. The molecule has 1 aliphatic rings. The third kappa shape index (κ3) is 1.66. The molecule has 1 aliphatic carbocycles. The Bertz CT molecular complexity index is 374. The maximum atomic E-state index is 13.1. The molecule has 0 bridgehead atoms. The topological polar surface area (TPSA) is 46.2 Å². The number of nitrogens with two attached hydrogens (primary N) is 1. The van der Waals surface area contributed by atoms with Gasteiger partial charge in [0.25, 0.3) is 0 Å². The Morgan fingerprint density at radius 3 is 2.80 bits per heavy atom. The van der Waals surface area contributed by atoms with Crippen molar-refractivity contribution in [3.8, 4) is 0 Å². The van der Waals surface area contributed by atoms with E-state index in [4.69, 9.17) is 5.73 Å². The minimum atomic E-state index is -0.179. The lowest BCUT2D eigenvalue weighted by Crippen LogP contribution is -2.21. The van der Waals surface area contributed by atoms with Gasteiger partial charge in [-0.3, -0.25) is 0 Å². The molecular formula is C12H16FNO. The van der Waals surface area contributed by atoms with Gasteiger partial charge in [-0.2, -0.15) is 0 Å². The Kier molecular flexibility index (Phi) is 2.52. The zero-order chi connectivity index (χ0) is 11.1. The summed E-state index contributed by atoms with van der Waals surface area (Å²) in [5.74, 6) is 0.119. The summed E-state index contributed by atoms with van der Waals surface area (Å²) in [5.41, 5.74) is 7.24. The van der Waals surface area contributed by atoms with Gasteiger partial charge in [0.2, 0.25) is 0 Å². The van der Waals surface area contributed by atoms with E-state index >= 15 is 0 Å². The molecule has 0 spiro atoms. The van der Waals surface area contributed by atoms with Gasteiger partial charge in [0, 0.05) is 12.0 Å². The summed E-state index contributed by atoms with van der Waals surface area (Å²) in [4.78, 5) is 0. The molecule has 0 heterocycles. The largest absolute Gasteiger partial charge is 0.396 e. The molecule has 1 fully saturated rings. The van der Waals surface area contributed by atoms with Crippen LogP contribution in [-0.2, 0) is 0 Å². The average molecular weight is 209 g/mol. The Hall–Kier alpha value is -0.930. The predicted octanol–water partition coefficient (Wildman–Crippen LogP) is 1.56. The monoisotopic (exact) mass is 209 g/mol. The van der Waals surface area contributed by atoms with Gasteiger partial charge < -0.3 is 10.8 Å². The number of aliphatic hydroxyl groups excluding tert-OH is 1. The second-order valence-electron chi connectivity index (χ2n) is 4.49.